The van der Waals surface area contributed by atoms with Crippen molar-refractivity contribution in [2.75, 3.05) is 32.8 Å². The van der Waals surface area contributed by atoms with E-state index in [2.05, 4.69) is 41.1 Å². The van der Waals surface area contributed by atoms with Crippen LogP contribution in [0, 0.1) is 13.8 Å². The number of hydrogen-bond acceptors (Lipinski definition) is 5. The maximum atomic E-state index is 12.1. The van der Waals surface area contributed by atoms with Crippen LogP contribution in [0.15, 0.2) is 39.9 Å². The first kappa shape index (κ1) is 23.7. The van der Waals surface area contributed by atoms with Gasteiger partial charge in [0.2, 0.25) is 0 Å². The Morgan fingerprint density at radius 2 is 2.03 bits per heavy atom. The van der Waals surface area contributed by atoms with Crippen LogP contribution in [0.25, 0.3) is 0 Å². The number of rotatable bonds is 10. The number of amides is 1. The molecule has 2 aromatic rings. The van der Waals surface area contributed by atoms with Gasteiger partial charge in [0, 0.05) is 37.2 Å². The Morgan fingerprint density at radius 1 is 1.19 bits per heavy atom. The van der Waals surface area contributed by atoms with Crippen molar-refractivity contribution in [3.63, 3.8) is 0 Å². The fraction of sp³-hybridized carbons (Fsp3) is 0.500. The number of carbonyl (C=O) groups is 1. The van der Waals surface area contributed by atoms with Crippen molar-refractivity contribution < 1.29 is 18.7 Å². The fourth-order valence-corrected chi connectivity index (χ4v) is 3.38. The van der Waals surface area contributed by atoms with E-state index in [9.17, 15) is 4.79 Å². The van der Waals surface area contributed by atoms with Gasteiger partial charge < -0.3 is 29.8 Å². The fourth-order valence-electron chi connectivity index (χ4n) is 3.38. The predicted octanol–water partition coefficient (Wildman–Crippen LogP) is 2.94. The molecule has 3 N–H and O–H groups in total. The highest BCUT2D eigenvalue weighted by Crippen LogP contribution is 2.24. The molecule has 1 aromatic heterocycles. The minimum Gasteiger partial charge on any atom is -0.488 e. The van der Waals surface area contributed by atoms with Crippen molar-refractivity contribution in [2.45, 2.75) is 46.3 Å². The molecule has 3 rings (SSSR count). The van der Waals surface area contributed by atoms with Crippen molar-refractivity contribution in [2.24, 2.45) is 4.99 Å². The summed E-state index contributed by atoms with van der Waals surface area (Å²) in [6, 6.07) is 7.99. The summed E-state index contributed by atoms with van der Waals surface area (Å²) in [7, 11) is 0. The van der Waals surface area contributed by atoms with Crippen LogP contribution >= 0.6 is 0 Å². The third-order valence-corrected chi connectivity index (χ3v) is 5.16. The Kier molecular flexibility index (Phi) is 8.98. The van der Waals surface area contributed by atoms with Crippen molar-refractivity contribution in [1.82, 2.24) is 16.0 Å². The Morgan fingerprint density at radius 3 is 2.75 bits per heavy atom. The summed E-state index contributed by atoms with van der Waals surface area (Å²) in [6.07, 6.45) is 3.30. The average Bonchev–Trinajstić information content (AvgIpc) is 3.44. The topological polar surface area (TPSA) is 97.1 Å². The lowest BCUT2D eigenvalue weighted by molar-refractivity contribution is 0.0925. The number of nitrogens with one attached hydrogen (secondary N) is 3. The summed E-state index contributed by atoms with van der Waals surface area (Å²) in [5, 5.41) is 9.46. The second-order valence-corrected chi connectivity index (χ2v) is 7.88. The zero-order valence-corrected chi connectivity index (χ0v) is 19.2. The average molecular weight is 443 g/mol. The summed E-state index contributed by atoms with van der Waals surface area (Å²) < 4.78 is 16.8. The minimum atomic E-state index is -0.187. The van der Waals surface area contributed by atoms with Crippen molar-refractivity contribution >= 4 is 11.9 Å². The number of aryl methyl sites for hydroxylation is 2. The zero-order chi connectivity index (χ0) is 22.8. The number of guanidine groups is 1. The van der Waals surface area contributed by atoms with Gasteiger partial charge in [0.15, 0.2) is 11.7 Å². The van der Waals surface area contributed by atoms with E-state index >= 15 is 0 Å². The second kappa shape index (κ2) is 12.1. The van der Waals surface area contributed by atoms with Gasteiger partial charge in [0.05, 0.1) is 26.0 Å². The maximum absolute atomic E-state index is 12.1. The van der Waals surface area contributed by atoms with Crippen LogP contribution in [-0.2, 0) is 11.3 Å². The molecule has 0 spiro atoms. The first-order chi connectivity index (χ1) is 15.6. The lowest BCUT2D eigenvalue weighted by atomic mass is 10.1. The van der Waals surface area contributed by atoms with E-state index in [0.717, 1.165) is 54.4 Å². The normalized spacial score (nSPS) is 16.1. The van der Waals surface area contributed by atoms with Gasteiger partial charge in [0.25, 0.3) is 5.91 Å². The third kappa shape index (κ3) is 7.02. The Balaban J connectivity index is 1.49. The summed E-state index contributed by atoms with van der Waals surface area (Å²) >= 11 is 0. The van der Waals surface area contributed by atoms with Crippen LogP contribution in [0.4, 0.5) is 0 Å². The van der Waals surface area contributed by atoms with Crippen molar-refractivity contribution in [3.8, 4) is 5.75 Å². The molecule has 0 saturated carbocycles. The molecule has 1 aliphatic rings. The van der Waals surface area contributed by atoms with Crippen LogP contribution in [0.5, 0.6) is 5.75 Å². The molecule has 174 valence electrons. The lowest BCUT2D eigenvalue weighted by Crippen LogP contribution is -2.38. The zero-order valence-electron chi connectivity index (χ0n) is 19.2. The first-order valence-corrected chi connectivity index (χ1v) is 11.2. The van der Waals surface area contributed by atoms with Crippen molar-refractivity contribution in [3.05, 3.63) is 53.0 Å². The molecule has 2 heterocycles. The SMILES string of the molecule is CCNC(=NCc1ccc(C)cc1OC1CCOC1)NCCCNC(=O)c1occc1C. The number of benzene rings is 1. The Labute approximate surface area is 189 Å². The van der Waals surface area contributed by atoms with E-state index in [1.165, 1.54) is 6.26 Å². The molecule has 0 aliphatic carbocycles. The molecule has 1 fully saturated rings. The summed E-state index contributed by atoms with van der Waals surface area (Å²) in [5.41, 5.74) is 3.03. The number of furan rings is 1. The van der Waals surface area contributed by atoms with Gasteiger partial charge in [-0.1, -0.05) is 12.1 Å². The summed E-state index contributed by atoms with van der Waals surface area (Å²) in [5.74, 6) is 1.79. The Hall–Kier alpha value is -3.00. The molecule has 1 atom stereocenters. The van der Waals surface area contributed by atoms with Crippen LogP contribution < -0.4 is 20.7 Å². The monoisotopic (exact) mass is 442 g/mol. The molecule has 32 heavy (non-hydrogen) atoms. The molecule has 1 saturated heterocycles. The van der Waals surface area contributed by atoms with Gasteiger partial charge in [-0.3, -0.25) is 4.79 Å². The number of carbonyl (C=O) groups excluding carboxylic acids is 1. The summed E-state index contributed by atoms with van der Waals surface area (Å²) in [6.45, 7) is 9.82. The highest BCUT2D eigenvalue weighted by atomic mass is 16.5. The lowest BCUT2D eigenvalue weighted by Gasteiger charge is -2.16. The maximum Gasteiger partial charge on any atom is 0.287 e. The van der Waals surface area contributed by atoms with E-state index < -0.39 is 0 Å². The van der Waals surface area contributed by atoms with Crippen LogP contribution in [-0.4, -0.2) is 50.8 Å². The second-order valence-electron chi connectivity index (χ2n) is 7.88. The van der Waals surface area contributed by atoms with E-state index in [4.69, 9.17) is 18.9 Å². The smallest absolute Gasteiger partial charge is 0.287 e. The number of hydrogen-bond donors (Lipinski definition) is 3. The van der Waals surface area contributed by atoms with Gasteiger partial charge in [0.1, 0.15) is 11.9 Å². The van der Waals surface area contributed by atoms with Crippen LogP contribution in [0.3, 0.4) is 0 Å². The van der Waals surface area contributed by atoms with Crippen molar-refractivity contribution in [1.29, 1.82) is 0 Å². The van der Waals surface area contributed by atoms with E-state index in [1.54, 1.807) is 6.07 Å². The molecule has 1 aromatic carbocycles. The van der Waals surface area contributed by atoms with Gasteiger partial charge in [-0.25, -0.2) is 4.99 Å². The molecular weight excluding hydrogens is 408 g/mol. The van der Waals surface area contributed by atoms with Crippen LogP contribution in [0.1, 0.15) is 47.0 Å². The molecule has 8 heteroatoms. The first-order valence-electron chi connectivity index (χ1n) is 11.2. The molecule has 8 nitrogen and oxygen atoms in total. The van der Waals surface area contributed by atoms with Gasteiger partial charge in [-0.15, -0.1) is 0 Å². The summed E-state index contributed by atoms with van der Waals surface area (Å²) in [4.78, 5) is 16.8. The van der Waals surface area contributed by atoms with Gasteiger partial charge >= 0.3 is 0 Å². The number of aliphatic imine (C=N–C) groups is 1. The Bertz CT molecular complexity index is 903. The van der Waals surface area contributed by atoms with Gasteiger partial charge in [-0.05, 0) is 44.9 Å². The minimum absolute atomic E-state index is 0.103. The van der Waals surface area contributed by atoms with E-state index in [0.29, 0.717) is 32.0 Å². The molecule has 1 aliphatic heterocycles. The standard InChI is InChI=1S/C24H34N4O4/c1-4-25-24(27-11-5-10-26-23(29)22-18(3)8-13-31-22)28-15-19-7-6-17(2)14-21(19)32-20-9-12-30-16-20/h6-8,13-14,20H,4-5,9-12,15-16H2,1-3H3,(H,26,29)(H2,25,27,28). The number of ether oxygens (including phenoxy) is 2. The third-order valence-electron chi connectivity index (χ3n) is 5.16. The quantitative estimate of drug-likeness (QED) is 0.297. The largest absolute Gasteiger partial charge is 0.488 e. The van der Waals surface area contributed by atoms with Gasteiger partial charge in [-0.2, -0.15) is 0 Å². The molecule has 0 bridgehead atoms. The highest BCUT2D eigenvalue weighted by Gasteiger charge is 2.18. The molecule has 0 radical (unpaired) electrons. The van der Waals surface area contributed by atoms with E-state index in [1.807, 2.05) is 13.8 Å². The molecular formula is C24H34N4O4. The number of nitrogens with zero attached hydrogens (tertiary/aromatic N) is 1. The molecule has 1 unspecified atom stereocenters. The predicted molar refractivity (Wildman–Crippen MR) is 124 cm³/mol. The molecule has 1 amide bonds. The highest BCUT2D eigenvalue weighted by molar-refractivity contribution is 5.92. The van der Waals surface area contributed by atoms with Crippen LogP contribution in [0.2, 0.25) is 0 Å². The van der Waals surface area contributed by atoms with E-state index in [-0.39, 0.29) is 12.0 Å².